The average Bonchev–Trinajstić information content (AvgIpc) is 2.42. The van der Waals surface area contributed by atoms with Crippen molar-refractivity contribution in [2.75, 3.05) is 26.3 Å². The molecule has 1 heterocycles. The van der Waals surface area contributed by atoms with Crippen LogP contribution in [-0.4, -0.2) is 43.3 Å². The smallest absolute Gasteiger partial charge is 0.378 e. The van der Waals surface area contributed by atoms with Crippen LogP contribution in [-0.2, 0) is 4.74 Å². The van der Waals surface area contributed by atoms with E-state index in [0.29, 0.717) is 6.42 Å². The van der Waals surface area contributed by atoms with Crippen LogP contribution in [0.25, 0.3) is 0 Å². The van der Waals surface area contributed by atoms with E-state index < -0.39 is 17.8 Å². The highest BCUT2D eigenvalue weighted by molar-refractivity contribution is 5.15. The zero-order chi connectivity index (χ0) is 15.9. The summed E-state index contributed by atoms with van der Waals surface area (Å²) in [4.78, 5) is 1.09. The van der Waals surface area contributed by atoms with Gasteiger partial charge in [0, 0.05) is 13.1 Å². The lowest BCUT2D eigenvalue weighted by Crippen LogP contribution is -2.48. The minimum atomic E-state index is -5.57. The van der Waals surface area contributed by atoms with E-state index in [1.54, 1.807) is 0 Å². The molecule has 0 N–H and O–H groups in total. The van der Waals surface area contributed by atoms with Crippen molar-refractivity contribution in [3.63, 3.8) is 0 Å². The normalized spacial score (nSPS) is 18.2. The number of hydrogen-bond donors (Lipinski definition) is 0. The molecule has 7 heteroatoms. The van der Waals surface area contributed by atoms with Crippen molar-refractivity contribution in [2.45, 2.75) is 51.1 Å². The van der Waals surface area contributed by atoms with E-state index in [4.69, 9.17) is 4.74 Å². The summed E-state index contributed by atoms with van der Waals surface area (Å²) in [5.74, 6) is -4.81. The van der Waals surface area contributed by atoms with Crippen LogP contribution in [0.5, 0.6) is 0 Å². The van der Waals surface area contributed by atoms with E-state index in [9.17, 15) is 22.0 Å². The number of morpholine rings is 1. The molecular weight excluding hydrogens is 293 g/mol. The van der Waals surface area contributed by atoms with Gasteiger partial charge in [0.15, 0.2) is 0 Å². The van der Waals surface area contributed by atoms with Crippen molar-refractivity contribution in [1.82, 2.24) is 4.90 Å². The molecule has 0 aliphatic carbocycles. The minimum Gasteiger partial charge on any atom is -0.378 e. The zero-order valence-electron chi connectivity index (χ0n) is 12.2. The van der Waals surface area contributed by atoms with E-state index in [-0.39, 0.29) is 32.7 Å². The predicted molar refractivity (Wildman–Crippen MR) is 70.2 cm³/mol. The lowest BCUT2D eigenvalue weighted by molar-refractivity contribution is -0.271. The highest BCUT2D eigenvalue weighted by atomic mass is 19.4. The molecule has 1 rings (SSSR count). The Bertz CT molecular complexity index is 335. The maximum absolute atomic E-state index is 13.7. The highest BCUT2D eigenvalue weighted by Crippen LogP contribution is 2.42. The second-order valence-corrected chi connectivity index (χ2v) is 5.11. The Morgan fingerprint density at radius 1 is 1.05 bits per heavy atom. The number of rotatable bonds is 7. The minimum absolute atomic E-state index is 0.0620. The molecule has 1 fully saturated rings. The van der Waals surface area contributed by atoms with Crippen molar-refractivity contribution in [3.8, 4) is 0 Å². The molecule has 0 bridgehead atoms. The first-order chi connectivity index (χ1) is 9.80. The van der Waals surface area contributed by atoms with Gasteiger partial charge in [-0.2, -0.15) is 22.0 Å². The molecule has 0 aromatic carbocycles. The third-order valence-electron chi connectivity index (χ3n) is 3.42. The first-order valence-electron chi connectivity index (χ1n) is 7.28. The number of nitrogens with zero attached hydrogens (tertiary/aromatic N) is 1. The molecule has 0 aromatic rings. The van der Waals surface area contributed by atoms with Crippen LogP contribution in [0.4, 0.5) is 22.0 Å². The number of allylic oxidation sites excluding steroid dienone is 2. The Morgan fingerprint density at radius 3 is 2.19 bits per heavy atom. The first-order valence-corrected chi connectivity index (χ1v) is 7.28. The van der Waals surface area contributed by atoms with Crippen molar-refractivity contribution >= 4 is 0 Å². The third kappa shape index (κ3) is 5.13. The van der Waals surface area contributed by atoms with E-state index in [1.807, 2.05) is 6.92 Å². The number of hydrogen-bond acceptors (Lipinski definition) is 2. The van der Waals surface area contributed by atoms with Crippen LogP contribution in [0.2, 0.25) is 0 Å². The van der Waals surface area contributed by atoms with Gasteiger partial charge in [-0.05, 0) is 12.8 Å². The van der Waals surface area contributed by atoms with Gasteiger partial charge in [0.1, 0.15) is 0 Å². The molecule has 2 nitrogen and oxygen atoms in total. The van der Waals surface area contributed by atoms with E-state index in [2.05, 4.69) is 0 Å². The SMILES string of the molecule is CCCCCC/C=C(/N1CCOCC1)C(F)(F)C(F)(F)F. The van der Waals surface area contributed by atoms with Gasteiger partial charge in [-0.3, -0.25) is 0 Å². The molecule has 0 radical (unpaired) electrons. The lowest BCUT2D eigenvalue weighted by Gasteiger charge is -2.35. The fourth-order valence-electron chi connectivity index (χ4n) is 2.22. The standard InChI is InChI=1S/C14H22F5NO/c1-2-3-4-5-6-7-12(13(15,16)14(17,18)19)20-8-10-21-11-9-20/h7H,2-6,8-11H2,1H3/b12-7+. The van der Waals surface area contributed by atoms with Gasteiger partial charge in [0.05, 0.1) is 18.9 Å². The Morgan fingerprint density at radius 2 is 1.67 bits per heavy atom. The summed E-state index contributed by atoms with van der Waals surface area (Å²) in [6, 6.07) is 0. The number of ether oxygens (including phenoxy) is 1. The van der Waals surface area contributed by atoms with Crippen LogP contribution in [0.15, 0.2) is 11.8 Å². The van der Waals surface area contributed by atoms with E-state index in [0.717, 1.165) is 30.2 Å². The number of unbranched alkanes of at least 4 members (excludes halogenated alkanes) is 4. The molecule has 21 heavy (non-hydrogen) atoms. The van der Waals surface area contributed by atoms with Crippen LogP contribution in [0.1, 0.15) is 39.0 Å². The summed E-state index contributed by atoms with van der Waals surface area (Å²) < 4.78 is 70.2. The summed E-state index contributed by atoms with van der Waals surface area (Å²) in [6.45, 7) is 2.47. The van der Waals surface area contributed by atoms with Gasteiger partial charge in [-0.1, -0.05) is 32.3 Å². The molecule has 1 aliphatic rings. The van der Waals surface area contributed by atoms with Crippen molar-refractivity contribution in [3.05, 3.63) is 11.8 Å². The lowest BCUT2D eigenvalue weighted by atomic mass is 10.1. The van der Waals surface area contributed by atoms with Gasteiger partial charge >= 0.3 is 12.1 Å². The molecule has 1 saturated heterocycles. The Kier molecular flexibility index (Phi) is 6.90. The Labute approximate surface area is 121 Å². The van der Waals surface area contributed by atoms with Gasteiger partial charge in [-0.25, -0.2) is 0 Å². The third-order valence-corrected chi connectivity index (χ3v) is 3.42. The summed E-state index contributed by atoms with van der Waals surface area (Å²) in [6.07, 6.45) is -0.890. The molecule has 1 aliphatic heterocycles. The Balaban J connectivity index is 2.81. The Hall–Kier alpha value is -0.850. The van der Waals surface area contributed by atoms with Crippen LogP contribution < -0.4 is 0 Å². The fourth-order valence-corrected chi connectivity index (χ4v) is 2.22. The molecule has 0 unspecified atom stereocenters. The van der Waals surface area contributed by atoms with Crippen molar-refractivity contribution < 1.29 is 26.7 Å². The quantitative estimate of drug-likeness (QED) is 0.511. The summed E-state index contributed by atoms with van der Waals surface area (Å²) in [5.41, 5.74) is -0.921. The van der Waals surface area contributed by atoms with Gasteiger partial charge < -0.3 is 9.64 Å². The molecule has 0 aromatic heterocycles. The number of halogens is 5. The maximum atomic E-state index is 13.7. The molecule has 0 amide bonds. The topological polar surface area (TPSA) is 12.5 Å². The van der Waals surface area contributed by atoms with Crippen molar-refractivity contribution in [1.29, 1.82) is 0 Å². The zero-order valence-corrected chi connectivity index (χ0v) is 12.2. The summed E-state index contributed by atoms with van der Waals surface area (Å²) in [5, 5.41) is 0. The van der Waals surface area contributed by atoms with Crippen LogP contribution in [0, 0.1) is 0 Å². The molecule has 124 valence electrons. The highest BCUT2D eigenvalue weighted by Gasteiger charge is 2.61. The van der Waals surface area contributed by atoms with Gasteiger partial charge in [0.2, 0.25) is 0 Å². The van der Waals surface area contributed by atoms with E-state index >= 15 is 0 Å². The second kappa shape index (κ2) is 7.96. The second-order valence-electron chi connectivity index (χ2n) is 5.11. The maximum Gasteiger partial charge on any atom is 0.459 e. The predicted octanol–water partition coefficient (Wildman–Crippen LogP) is 4.37. The number of alkyl halides is 5. The van der Waals surface area contributed by atoms with Crippen molar-refractivity contribution in [2.24, 2.45) is 0 Å². The molecule has 0 spiro atoms. The van der Waals surface area contributed by atoms with Gasteiger partial charge in [0.25, 0.3) is 0 Å². The first kappa shape index (κ1) is 18.2. The van der Waals surface area contributed by atoms with Crippen LogP contribution >= 0.6 is 0 Å². The van der Waals surface area contributed by atoms with Crippen LogP contribution in [0.3, 0.4) is 0 Å². The van der Waals surface area contributed by atoms with E-state index in [1.165, 1.54) is 0 Å². The molecular formula is C14H22F5NO. The monoisotopic (exact) mass is 315 g/mol. The largest absolute Gasteiger partial charge is 0.459 e. The van der Waals surface area contributed by atoms with Gasteiger partial charge in [-0.15, -0.1) is 0 Å². The fraction of sp³-hybridized carbons (Fsp3) is 0.857. The summed E-state index contributed by atoms with van der Waals surface area (Å²) >= 11 is 0. The summed E-state index contributed by atoms with van der Waals surface area (Å²) in [7, 11) is 0. The molecule has 0 atom stereocenters. The average molecular weight is 315 g/mol. The molecule has 0 saturated carbocycles.